The molecule has 3 aromatic rings. The molecule has 6 nitrogen and oxygen atoms in total. The summed E-state index contributed by atoms with van der Waals surface area (Å²) in [4.78, 5) is 23.9. The molecule has 0 radical (unpaired) electrons. The number of ether oxygens (including phenoxy) is 2. The average Bonchev–Trinajstić information content (AvgIpc) is 3.16. The number of nitrogens with zero attached hydrogens (tertiary/aromatic N) is 3. The van der Waals surface area contributed by atoms with Gasteiger partial charge in [-0.15, -0.1) is 11.3 Å². The van der Waals surface area contributed by atoms with Gasteiger partial charge in [-0.3, -0.25) is 4.98 Å². The van der Waals surface area contributed by atoms with Crippen molar-refractivity contribution >= 4 is 35.0 Å². The van der Waals surface area contributed by atoms with Crippen LogP contribution in [0.25, 0.3) is 16.6 Å². The smallest absolute Gasteiger partial charge is 0.330 e. The predicted octanol–water partition coefficient (Wildman–Crippen LogP) is 4.42. The molecule has 0 unspecified atom stereocenters. The standard InChI is InChI=1S/C19H15ClFN3O3S/c20-16-10-22-11-17(24-16)26-8-1-9-27-18(25)7-6-15-12-28-19(23-15)13-2-4-14(21)5-3-13/h2-7,10-12H,1,8-9H2/b7-6+. The van der Waals surface area contributed by atoms with Crippen molar-refractivity contribution in [1.82, 2.24) is 15.0 Å². The molecule has 2 heterocycles. The molecule has 9 heteroatoms. The third-order valence-corrected chi connectivity index (χ3v) is 4.46. The van der Waals surface area contributed by atoms with Gasteiger partial charge < -0.3 is 9.47 Å². The predicted molar refractivity (Wildman–Crippen MR) is 105 cm³/mol. The van der Waals surface area contributed by atoms with Crippen molar-refractivity contribution in [2.75, 3.05) is 13.2 Å². The van der Waals surface area contributed by atoms with Gasteiger partial charge in [-0.2, -0.15) is 4.98 Å². The van der Waals surface area contributed by atoms with E-state index in [1.807, 2.05) is 5.38 Å². The Balaban J connectivity index is 1.40. The van der Waals surface area contributed by atoms with Gasteiger partial charge in [0.05, 0.1) is 31.3 Å². The number of carbonyl (C=O) groups excluding carboxylic acids is 1. The molecule has 0 aliphatic heterocycles. The highest BCUT2D eigenvalue weighted by atomic mass is 35.5. The Morgan fingerprint density at radius 1 is 1.18 bits per heavy atom. The van der Waals surface area contributed by atoms with E-state index in [-0.39, 0.29) is 17.6 Å². The molecular formula is C19H15ClFN3O3S. The molecule has 144 valence electrons. The fraction of sp³-hybridized carbons (Fsp3) is 0.158. The molecule has 0 aliphatic rings. The molecule has 3 rings (SSSR count). The molecule has 0 amide bonds. The first-order chi connectivity index (χ1) is 13.6. The molecule has 0 aliphatic carbocycles. The van der Waals surface area contributed by atoms with Crippen LogP contribution in [-0.2, 0) is 9.53 Å². The number of benzene rings is 1. The van der Waals surface area contributed by atoms with E-state index >= 15 is 0 Å². The zero-order valence-electron chi connectivity index (χ0n) is 14.5. The maximum Gasteiger partial charge on any atom is 0.330 e. The maximum atomic E-state index is 13.0. The third-order valence-electron chi connectivity index (χ3n) is 3.37. The summed E-state index contributed by atoms with van der Waals surface area (Å²) in [7, 11) is 0. The van der Waals surface area contributed by atoms with Crippen LogP contribution in [0.5, 0.6) is 5.88 Å². The second-order valence-corrected chi connectivity index (χ2v) is 6.71. The Labute approximate surface area is 169 Å². The van der Waals surface area contributed by atoms with E-state index in [1.165, 1.54) is 41.9 Å². The molecule has 0 N–H and O–H groups in total. The lowest BCUT2D eigenvalue weighted by atomic mass is 10.2. The first-order valence-corrected chi connectivity index (χ1v) is 9.52. The Bertz CT molecular complexity index is 963. The highest BCUT2D eigenvalue weighted by Gasteiger charge is 2.04. The second-order valence-electron chi connectivity index (χ2n) is 5.47. The van der Waals surface area contributed by atoms with Crippen LogP contribution in [0.3, 0.4) is 0 Å². The van der Waals surface area contributed by atoms with E-state index in [0.29, 0.717) is 24.6 Å². The van der Waals surface area contributed by atoms with Crippen LogP contribution in [0.4, 0.5) is 4.39 Å². The summed E-state index contributed by atoms with van der Waals surface area (Å²) in [5.41, 5.74) is 1.45. The highest BCUT2D eigenvalue weighted by molar-refractivity contribution is 7.13. The van der Waals surface area contributed by atoms with Gasteiger partial charge >= 0.3 is 5.97 Å². The quantitative estimate of drug-likeness (QED) is 0.306. The van der Waals surface area contributed by atoms with Gasteiger partial charge in [-0.05, 0) is 30.3 Å². The van der Waals surface area contributed by atoms with Crippen molar-refractivity contribution < 1.29 is 18.7 Å². The molecular weight excluding hydrogens is 405 g/mol. The number of carbonyl (C=O) groups is 1. The van der Waals surface area contributed by atoms with Gasteiger partial charge in [0.15, 0.2) is 5.15 Å². The number of thiazole rings is 1. The lowest BCUT2D eigenvalue weighted by molar-refractivity contribution is -0.137. The number of rotatable bonds is 8. The van der Waals surface area contributed by atoms with Crippen molar-refractivity contribution in [3.05, 3.63) is 64.8 Å². The summed E-state index contributed by atoms with van der Waals surface area (Å²) in [5.74, 6) is -0.452. The van der Waals surface area contributed by atoms with Gasteiger partial charge in [0.1, 0.15) is 10.8 Å². The van der Waals surface area contributed by atoms with Crippen LogP contribution < -0.4 is 4.74 Å². The molecule has 0 atom stereocenters. The highest BCUT2D eigenvalue weighted by Crippen LogP contribution is 2.24. The molecule has 0 saturated carbocycles. The summed E-state index contributed by atoms with van der Waals surface area (Å²) in [6, 6.07) is 6.08. The maximum absolute atomic E-state index is 13.0. The Kier molecular flexibility index (Phi) is 7.05. The van der Waals surface area contributed by atoms with Crippen molar-refractivity contribution in [2.45, 2.75) is 6.42 Å². The van der Waals surface area contributed by atoms with Crippen LogP contribution in [-0.4, -0.2) is 34.1 Å². The number of halogens is 2. The molecule has 0 saturated heterocycles. The Morgan fingerprint density at radius 3 is 2.79 bits per heavy atom. The minimum Gasteiger partial charge on any atom is -0.476 e. The third kappa shape index (κ3) is 6.11. The fourth-order valence-corrected chi connectivity index (χ4v) is 3.03. The zero-order chi connectivity index (χ0) is 19.8. The molecule has 1 aromatic carbocycles. The number of hydrogen-bond donors (Lipinski definition) is 0. The summed E-state index contributed by atoms with van der Waals surface area (Å²) in [6.45, 7) is 0.522. The molecule has 2 aromatic heterocycles. The van der Waals surface area contributed by atoms with Crippen molar-refractivity contribution in [3.63, 3.8) is 0 Å². The Hall–Kier alpha value is -2.84. The summed E-state index contributed by atoms with van der Waals surface area (Å²) in [6.07, 6.45) is 6.25. The van der Waals surface area contributed by atoms with Crippen molar-refractivity contribution in [2.24, 2.45) is 0 Å². The summed E-state index contributed by atoms with van der Waals surface area (Å²) < 4.78 is 23.4. The normalized spacial score (nSPS) is 10.9. The van der Waals surface area contributed by atoms with Gasteiger partial charge in [0.2, 0.25) is 5.88 Å². The Morgan fingerprint density at radius 2 is 2.00 bits per heavy atom. The van der Waals surface area contributed by atoms with E-state index in [0.717, 1.165) is 10.6 Å². The van der Waals surface area contributed by atoms with Crippen LogP contribution in [0.1, 0.15) is 12.1 Å². The number of aromatic nitrogens is 3. The van der Waals surface area contributed by atoms with E-state index in [2.05, 4.69) is 15.0 Å². The van der Waals surface area contributed by atoms with Gasteiger partial charge in [0, 0.05) is 23.4 Å². The summed E-state index contributed by atoms with van der Waals surface area (Å²) in [5, 5.41) is 2.80. The van der Waals surface area contributed by atoms with Gasteiger partial charge in [-0.25, -0.2) is 14.2 Å². The molecule has 0 spiro atoms. The van der Waals surface area contributed by atoms with Gasteiger partial charge in [0.25, 0.3) is 0 Å². The van der Waals surface area contributed by atoms with Crippen LogP contribution in [0, 0.1) is 5.82 Å². The second kappa shape index (κ2) is 9.91. The van der Waals surface area contributed by atoms with Gasteiger partial charge in [-0.1, -0.05) is 11.6 Å². The van der Waals surface area contributed by atoms with Crippen LogP contribution >= 0.6 is 22.9 Å². The van der Waals surface area contributed by atoms with Crippen LogP contribution in [0.2, 0.25) is 5.15 Å². The van der Waals surface area contributed by atoms with E-state index in [4.69, 9.17) is 21.1 Å². The van der Waals surface area contributed by atoms with E-state index in [9.17, 15) is 9.18 Å². The monoisotopic (exact) mass is 419 g/mol. The lowest BCUT2D eigenvalue weighted by Crippen LogP contribution is -2.07. The van der Waals surface area contributed by atoms with Crippen molar-refractivity contribution in [3.8, 4) is 16.5 Å². The lowest BCUT2D eigenvalue weighted by Gasteiger charge is -2.05. The largest absolute Gasteiger partial charge is 0.476 e. The minimum atomic E-state index is -0.473. The van der Waals surface area contributed by atoms with E-state index < -0.39 is 5.97 Å². The minimum absolute atomic E-state index is 0.203. The first-order valence-electron chi connectivity index (χ1n) is 8.27. The zero-order valence-corrected chi connectivity index (χ0v) is 16.1. The van der Waals surface area contributed by atoms with Crippen molar-refractivity contribution in [1.29, 1.82) is 0 Å². The van der Waals surface area contributed by atoms with E-state index in [1.54, 1.807) is 18.2 Å². The number of hydrogen-bond acceptors (Lipinski definition) is 7. The molecule has 0 bridgehead atoms. The topological polar surface area (TPSA) is 74.2 Å². The molecule has 0 fully saturated rings. The van der Waals surface area contributed by atoms with Crippen LogP contribution in [0.15, 0.2) is 48.1 Å². The first kappa shape index (κ1) is 19.9. The number of esters is 1. The SMILES string of the molecule is O=C(/C=C/c1csc(-c2ccc(F)cc2)n1)OCCCOc1cncc(Cl)n1. The fourth-order valence-electron chi connectivity index (χ4n) is 2.09. The average molecular weight is 420 g/mol. The summed E-state index contributed by atoms with van der Waals surface area (Å²) >= 11 is 7.11. The molecule has 28 heavy (non-hydrogen) atoms.